The van der Waals surface area contributed by atoms with Crippen LogP contribution in [0.3, 0.4) is 0 Å². The minimum absolute atomic E-state index is 0. The summed E-state index contributed by atoms with van der Waals surface area (Å²) >= 11 is 0. The van der Waals surface area contributed by atoms with E-state index in [-0.39, 0.29) is 13.5 Å². The third-order valence-corrected chi connectivity index (χ3v) is 2.39. The molecular formula is C16H33NO5. The highest BCUT2D eigenvalue weighted by Gasteiger charge is 2.13. The van der Waals surface area contributed by atoms with Gasteiger partial charge in [-0.05, 0) is 40.0 Å². The SMILES string of the molecule is C=CCCCO[C@@H](CC)CC(=O)OC.CC(C)(C)OC(N)=O.[HH]. The Morgan fingerprint density at radius 2 is 1.95 bits per heavy atom. The van der Waals surface area contributed by atoms with Gasteiger partial charge in [-0.25, -0.2) is 4.79 Å². The number of unbranched alkanes of at least 4 members (excludes halogenated alkanes) is 1. The van der Waals surface area contributed by atoms with Crippen LogP contribution in [-0.2, 0) is 19.0 Å². The van der Waals surface area contributed by atoms with Gasteiger partial charge in [-0.3, -0.25) is 4.79 Å². The molecule has 0 bridgehead atoms. The van der Waals surface area contributed by atoms with E-state index in [2.05, 4.69) is 16.1 Å². The number of amides is 1. The van der Waals surface area contributed by atoms with Gasteiger partial charge in [-0.2, -0.15) is 0 Å². The summed E-state index contributed by atoms with van der Waals surface area (Å²) in [5.41, 5.74) is 4.26. The third-order valence-electron chi connectivity index (χ3n) is 2.39. The Kier molecular flexibility index (Phi) is 13.6. The average Bonchev–Trinajstić information content (AvgIpc) is 2.39. The summed E-state index contributed by atoms with van der Waals surface area (Å²) in [5, 5.41) is 0. The van der Waals surface area contributed by atoms with Crippen molar-refractivity contribution in [2.75, 3.05) is 13.7 Å². The van der Waals surface area contributed by atoms with Gasteiger partial charge >= 0.3 is 12.1 Å². The molecule has 1 amide bonds. The molecular weight excluding hydrogens is 286 g/mol. The van der Waals surface area contributed by atoms with E-state index in [0.717, 1.165) is 19.3 Å². The van der Waals surface area contributed by atoms with E-state index in [4.69, 9.17) is 10.5 Å². The fourth-order valence-electron chi connectivity index (χ4n) is 1.37. The number of hydrogen-bond donors (Lipinski definition) is 1. The molecule has 1 atom stereocenters. The Morgan fingerprint density at radius 3 is 2.27 bits per heavy atom. The van der Waals surface area contributed by atoms with Crippen molar-refractivity contribution in [2.45, 2.75) is 65.1 Å². The predicted molar refractivity (Wildman–Crippen MR) is 88.6 cm³/mol. The molecule has 0 aliphatic carbocycles. The Bertz CT molecular complexity index is 329. The summed E-state index contributed by atoms with van der Waals surface area (Å²) in [7, 11) is 1.40. The molecule has 0 radical (unpaired) electrons. The largest absolute Gasteiger partial charge is 0.469 e. The maximum absolute atomic E-state index is 11.0. The average molecular weight is 319 g/mol. The molecule has 0 aromatic carbocycles. The van der Waals surface area contributed by atoms with Crippen LogP contribution in [0.5, 0.6) is 0 Å². The number of methoxy groups -OCH3 is 1. The second kappa shape index (κ2) is 13.1. The quantitative estimate of drug-likeness (QED) is 0.420. The number of hydrogen-bond acceptors (Lipinski definition) is 5. The molecule has 0 unspecified atom stereocenters. The van der Waals surface area contributed by atoms with Gasteiger partial charge in [0.15, 0.2) is 0 Å². The molecule has 0 rings (SSSR count). The second-order valence-corrected chi connectivity index (χ2v) is 5.65. The molecule has 2 N–H and O–H groups in total. The maximum Gasteiger partial charge on any atom is 0.405 e. The first kappa shape index (κ1) is 22.7. The lowest BCUT2D eigenvalue weighted by atomic mass is 10.2. The molecule has 6 nitrogen and oxygen atoms in total. The molecule has 0 spiro atoms. The first-order valence-corrected chi connectivity index (χ1v) is 7.44. The minimum Gasteiger partial charge on any atom is -0.469 e. The van der Waals surface area contributed by atoms with Gasteiger partial charge in [0.25, 0.3) is 0 Å². The zero-order valence-corrected chi connectivity index (χ0v) is 14.5. The topological polar surface area (TPSA) is 87.8 Å². The number of nitrogens with two attached hydrogens (primary N) is 1. The number of rotatable bonds is 8. The summed E-state index contributed by atoms with van der Waals surface area (Å²) in [6.07, 6.45) is 4.23. The highest BCUT2D eigenvalue weighted by molar-refractivity contribution is 5.69. The van der Waals surface area contributed by atoms with Crippen molar-refractivity contribution in [3.8, 4) is 0 Å². The molecule has 0 aromatic heterocycles. The molecule has 0 fully saturated rings. The fourth-order valence-corrected chi connectivity index (χ4v) is 1.37. The van der Waals surface area contributed by atoms with Crippen LogP contribution in [0.15, 0.2) is 12.7 Å². The van der Waals surface area contributed by atoms with E-state index in [1.165, 1.54) is 7.11 Å². The zero-order valence-electron chi connectivity index (χ0n) is 14.5. The maximum atomic E-state index is 11.0. The highest BCUT2D eigenvalue weighted by Crippen LogP contribution is 2.06. The molecule has 0 saturated heterocycles. The number of carbonyl (C=O) groups excluding carboxylic acids is 2. The van der Waals surface area contributed by atoms with Crippen LogP contribution >= 0.6 is 0 Å². The predicted octanol–water partition coefficient (Wildman–Crippen LogP) is 3.44. The molecule has 22 heavy (non-hydrogen) atoms. The summed E-state index contributed by atoms with van der Waals surface area (Å²) < 4.78 is 14.7. The van der Waals surface area contributed by atoms with Crippen LogP contribution in [0.2, 0.25) is 0 Å². The summed E-state index contributed by atoms with van der Waals surface area (Å²) in [4.78, 5) is 21.0. The third kappa shape index (κ3) is 18.4. The van der Waals surface area contributed by atoms with Crippen LogP contribution in [0.4, 0.5) is 4.79 Å². The van der Waals surface area contributed by atoms with Crippen molar-refractivity contribution in [1.29, 1.82) is 0 Å². The van der Waals surface area contributed by atoms with Gasteiger partial charge in [0, 0.05) is 8.03 Å². The lowest BCUT2D eigenvalue weighted by Crippen LogP contribution is -2.27. The normalized spacial score (nSPS) is 11.7. The van der Waals surface area contributed by atoms with E-state index < -0.39 is 11.7 Å². The van der Waals surface area contributed by atoms with Crippen molar-refractivity contribution < 1.29 is 25.2 Å². The summed E-state index contributed by atoms with van der Waals surface area (Å²) in [6.45, 7) is 11.6. The zero-order chi connectivity index (χ0) is 17.6. The molecule has 0 aliphatic heterocycles. The van der Waals surface area contributed by atoms with Crippen LogP contribution < -0.4 is 5.73 Å². The number of primary amides is 1. The number of carbonyl (C=O) groups is 2. The van der Waals surface area contributed by atoms with E-state index in [9.17, 15) is 9.59 Å². The smallest absolute Gasteiger partial charge is 0.405 e. The van der Waals surface area contributed by atoms with Crippen LogP contribution in [-0.4, -0.2) is 37.5 Å². The van der Waals surface area contributed by atoms with Gasteiger partial charge in [0.2, 0.25) is 0 Å². The lowest BCUT2D eigenvalue weighted by Gasteiger charge is -2.16. The van der Waals surface area contributed by atoms with Gasteiger partial charge in [0.1, 0.15) is 5.60 Å². The molecule has 0 aromatic rings. The van der Waals surface area contributed by atoms with Crippen molar-refractivity contribution in [3.63, 3.8) is 0 Å². The van der Waals surface area contributed by atoms with Crippen molar-refractivity contribution in [3.05, 3.63) is 12.7 Å². The number of allylic oxidation sites excluding steroid dienone is 1. The van der Waals surface area contributed by atoms with Crippen molar-refractivity contribution >= 4 is 12.1 Å². The van der Waals surface area contributed by atoms with Crippen LogP contribution in [0.1, 0.15) is 54.8 Å². The number of esters is 1. The Balaban J connectivity index is -0.000000382. The summed E-state index contributed by atoms with van der Waals surface area (Å²) in [5.74, 6) is -0.208. The number of ether oxygens (including phenoxy) is 3. The monoisotopic (exact) mass is 319 g/mol. The van der Waals surface area contributed by atoms with E-state index in [0.29, 0.717) is 13.0 Å². The van der Waals surface area contributed by atoms with E-state index in [1.54, 1.807) is 20.8 Å². The van der Waals surface area contributed by atoms with Crippen LogP contribution in [0.25, 0.3) is 0 Å². The van der Waals surface area contributed by atoms with Gasteiger partial charge in [-0.15, -0.1) is 6.58 Å². The van der Waals surface area contributed by atoms with E-state index >= 15 is 0 Å². The fraction of sp³-hybridized carbons (Fsp3) is 0.750. The lowest BCUT2D eigenvalue weighted by molar-refractivity contribution is -0.143. The first-order chi connectivity index (χ1) is 10.2. The first-order valence-electron chi connectivity index (χ1n) is 7.44. The summed E-state index contributed by atoms with van der Waals surface area (Å²) in [6, 6.07) is 0. The molecule has 0 heterocycles. The molecule has 132 valence electrons. The van der Waals surface area contributed by atoms with E-state index in [1.807, 2.05) is 13.0 Å². The molecule has 0 aliphatic rings. The Labute approximate surface area is 135 Å². The van der Waals surface area contributed by atoms with Crippen molar-refractivity contribution in [2.24, 2.45) is 5.73 Å². The van der Waals surface area contributed by atoms with Gasteiger partial charge in [-0.1, -0.05) is 13.0 Å². The molecule has 0 saturated carbocycles. The minimum atomic E-state index is -0.725. The standard InChI is InChI=1S/C11H20O3.C5H11NO2.H2/c1-4-6-7-8-14-10(5-2)9-11(12)13-3;1-5(2,3)8-4(6)7;/h4,10H,1,5-9H2,2-3H3;1-3H3,(H2,6,7);1H/t10-;;/m0../s1. The second-order valence-electron chi connectivity index (χ2n) is 5.65. The van der Waals surface area contributed by atoms with Crippen molar-refractivity contribution in [1.82, 2.24) is 0 Å². The highest BCUT2D eigenvalue weighted by atomic mass is 16.6. The van der Waals surface area contributed by atoms with Crippen LogP contribution in [0, 0.1) is 0 Å². The van der Waals surface area contributed by atoms with Gasteiger partial charge in [0.05, 0.1) is 19.6 Å². The Hall–Kier alpha value is -1.56. The van der Waals surface area contributed by atoms with Gasteiger partial charge < -0.3 is 19.9 Å². The Morgan fingerprint density at radius 1 is 1.36 bits per heavy atom. The molecule has 6 heteroatoms.